The SMILES string of the molecule is COc1cc(C(O)c2ccc(C)c(F)c2)ncn1. The Balaban J connectivity index is 2.34. The summed E-state index contributed by atoms with van der Waals surface area (Å²) in [7, 11) is 1.48. The number of aliphatic hydroxyl groups excluding tert-OH is 1. The van der Waals surface area contributed by atoms with Crippen molar-refractivity contribution in [2.75, 3.05) is 7.11 Å². The predicted octanol–water partition coefficient (Wildman–Crippen LogP) is 2.01. The van der Waals surface area contributed by atoms with Gasteiger partial charge in [0.25, 0.3) is 0 Å². The normalized spacial score (nSPS) is 12.2. The van der Waals surface area contributed by atoms with Crippen molar-refractivity contribution in [2.24, 2.45) is 0 Å². The van der Waals surface area contributed by atoms with E-state index in [1.165, 1.54) is 25.6 Å². The molecule has 1 N–H and O–H groups in total. The highest BCUT2D eigenvalue weighted by Gasteiger charge is 2.14. The Hall–Kier alpha value is -2.01. The third kappa shape index (κ3) is 2.46. The van der Waals surface area contributed by atoms with E-state index in [2.05, 4.69) is 9.97 Å². The number of benzene rings is 1. The first kappa shape index (κ1) is 12.4. The molecule has 0 aliphatic carbocycles. The Bertz CT molecular complexity index is 560. The number of rotatable bonds is 3. The van der Waals surface area contributed by atoms with Crippen LogP contribution in [0.4, 0.5) is 4.39 Å². The van der Waals surface area contributed by atoms with Gasteiger partial charge < -0.3 is 9.84 Å². The second-order valence-corrected chi connectivity index (χ2v) is 3.90. The van der Waals surface area contributed by atoms with Crippen molar-refractivity contribution in [3.8, 4) is 5.88 Å². The molecular weight excluding hydrogens is 235 g/mol. The first-order valence-electron chi connectivity index (χ1n) is 5.42. The third-order valence-corrected chi connectivity index (χ3v) is 2.66. The van der Waals surface area contributed by atoms with Crippen LogP contribution in [-0.2, 0) is 0 Å². The largest absolute Gasteiger partial charge is 0.481 e. The minimum Gasteiger partial charge on any atom is -0.481 e. The number of aromatic nitrogens is 2. The highest BCUT2D eigenvalue weighted by molar-refractivity contribution is 5.30. The number of ether oxygens (including phenoxy) is 1. The van der Waals surface area contributed by atoms with Crippen LogP contribution >= 0.6 is 0 Å². The number of halogens is 1. The van der Waals surface area contributed by atoms with Crippen molar-refractivity contribution in [2.45, 2.75) is 13.0 Å². The minimum absolute atomic E-state index is 0.353. The molecule has 94 valence electrons. The molecule has 0 saturated heterocycles. The molecule has 2 aromatic rings. The van der Waals surface area contributed by atoms with Gasteiger partial charge in [-0.15, -0.1) is 0 Å². The van der Waals surface area contributed by atoms with E-state index in [-0.39, 0.29) is 5.82 Å². The topological polar surface area (TPSA) is 55.2 Å². The van der Waals surface area contributed by atoms with Crippen molar-refractivity contribution in [3.63, 3.8) is 0 Å². The zero-order chi connectivity index (χ0) is 13.1. The average Bonchev–Trinajstić information content (AvgIpc) is 2.41. The summed E-state index contributed by atoms with van der Waals surface area (Å²) in [5.74, 6) is -0.000736. The summed E-state index contributed by atoms with van der Waals surface area (Å²) in [6.07, 6.45) is 0.291. The lowest BCUT2D eigenvalue weighted by Crippen LogP contribution is -2.04. The summed E-state index contributed by atoms with van der Waals surface area (Å²) < 4.78 is 18.4. The number of hydrogen-bond acceptors (Lipinski definition) is 4. The zero-order valence-electron chi connectivity index (χ0n) is 10.1. The van der Waals surface area contributed by atoms with Gasteiger partial charge in [0.15, 0.2) is 0 Å². The van der Waals surface area contributed by atoms with Crippen molar-refractivity contribution in [3.05, 3.63) is 53.2 Å². The smallest absolute Gasteiger partial charge is 0.216 e. The van der Waals surface area contributed by atoms with Gasteiger partial charge in [-0.3, -0.25) is 0 Å². The van der Waals surface area contributed by atoms with Gasteiger partial charge in [-0.05, 0) is 24.1 Å². The summed E-state index contributed by atoms with van der Waals surface area (Å²) in [5.41, 5.74) is 1.34. The van der Waals surface area contributed by atoms with Crippen LogP contribution < -0.4 is 4.74 Å². The van der Waals surface area contributed by atoms with Crippen molar-refractivity contribution >= 4 is 0 Å². The second-order valence-electron chi connectivity index (χ2n) is 3.90. The van der Waals surface area contributed by atoms with Crippen LogP contribution in [0.1, 0.15) is 22.9 Å². The summed E-state index contributed by atoms with van der Waals surface area (Å²) >= 11 is 0. The fourth-order valence-electron chi connectivity index (χ4n) is 1.56. The van der Waals surface area contributed by atoms with E-state index in [0.29, 0.717) is 22.7 Å². The van der Waals surface area contributed by atoms with Crippen LogP contribution in [0, 0.1) is 12.7 Å². The Morgan fingerprint density at radius 1 is 1.28 bits per heavy atom. The molecule has 0 saturated carbocycles. The summed E-state index contributed by atoms with van der Waals surface area (Å²) in [6, 6.07) is 6.10. The number of methoxy groups -OCH3 is 1. The van der Waals surface area contributed by atoms with E-state index in [9.17, 15) is 9.50 Å². The Kier molecular flexibility index (Phi) is 3.53. The Morgan fingerprint density at radius 2 is 2.06 bits per heavy atom. The summed E-state index contributed by atoms with van der Waals surface area (Å²) in [6.45, 7) is 1.67. The molecular formula is C13H13FN2O2. The van der Waals surface area contributed by atoms with Crippen LogP contribution in [-0.4, -0.2) is 22.2 Å². The molecule has 2 rings (SSSR count). The van der Waals surface area contributed by atoms with E-state index in [0.717, 1.165) is 0 Å². The monoisotopic (exact) mass is 248 g/mol. The molecule has 0 radical (unpaired) electrons. The maximum absolute atomic E-state index is 13.4. The molecule has 1 aromatic heterocycles. The molecule has 4 nitrogen and oxygen atoms in total. The summed E-state index contributed by atoms with van der Waals surface area (Å²) in [4.78, 5) is 7.80. The molecule has 1 atom stereocenters. The van der Waals surface area contributed by atoms with Crippen LogP contribution in [0.2, 0.25) is 0 Å². The van der Waals surface area contributed by atoms with E-state index in [1.54, 1.807) is 19.1 Å². The van der Waals surface area contributed by atoms with E-state index in [4.69, 9.17) is 4.74 Å². The van der Waals surface area contributed by atoms with Crippen LogP contribution in [0.3, 0.4) is 0 Å². The van der Waals surface area contributed by atoms with Gasteiger partial charge in [-0.1, -0.05) is 12.1 Å². The molecule has 18 heavy (non-hydrogen) atoms. The number of aryl methyl sites for hydroxylation is 1. The molecule has 0 aliphatic rings. The lowest BCUT2D eigenvalue weighted by molar-refractivity contribution is 0.213. The standard InChI is InChI=1S/C13H13FN2O2/c1-8-3-4-9(5-10(8)14)13(17)11-6-12(18-2)16-7-15-11/h3-7,13,17H,1-2H3. The fraction of sp³-hybridized carbons (Fsp3) is 0.231. The van der Waals surface area contributed by atoms with Gasteiger partial charge in [0, 0.05) is 6.07 Å². The van der Waals surface area contributed by atoms with Crippen molar-refractivity contribution < 1.29 is 14.2 Å². The number of nitrogens with zero attached hydrogens (tertiary/aromatic N) is 2. The van der Waals surface area contributed by atoms with Crippen LogP contribution in [0.5, 0.6) is 5.88 Å². The van der Waals surface area contributed by atoms with E-state index in [1.807, 2.05) is 0 Å². The number of hydrogen-bond donors (Lipinski definition) is 1. The highest BCUT2D eigenvalue weighted by atomic mass is 19.1. The molecule has 0 spiro atoms. The van der Waals surface area contributed by atoms with Crippen LogP contribution in [0.15, 0.2) is 30.6 Å². The summed E-state index contributed by atoms with van der Waals surface area (Å²) in [5, 5.41) is 10.1. The molecule has 0 aliphatic heterocycles. The van der Waals surface area contributed by atoms with E-state index < -0.39 is 6.10 Å². The predicted molar refractivity (Wildman–Crippen MR) is 63.8 cm³/mol. The maximum atomic E-state index is 13.4. The molecule has 0 amide bonds. The van der Waals surface area contributed by atoms with Crippen molar-refractivity contribution in [1.82, 2.24) is 9.97 Å². The lowest BCUT2D eigenvalue weighted by Gasteiger charge is -2.11. The molecule has 1 heterocycles. The quantitative estimate of drug-likeness (QED) is 0.902. The first-order valence-corrected chi connectivity index (χ1v) is 5.42. The molecule has 0 bridgehead atoms. The lowest BCUT2D eigenvalue weighted by atomic mass is 10.0. The molecule has 5 heteroatoms. The highest BCUT2D eigenvalue weighted by Crippen LogP contribution is 2.23. The fourth-order valence-corrected chi connectivity index (χ4v) is 1.56. The van der Waals surface area contributed by atoms with Gasteiger partial charge in [-0.2, -0.15) is 0 Å². The molecule has 1 aromatic carbocycles. The second kappa shape index (κ2) is 5.10. The molecule has 0 fully saturated rings. The first-order chi connectivity index (χ1) is 8.61. The van der Waals surface area contributed by atoms with Crippen molar-refractivity contribution in [1.29, 1.82) is 0 Å². The maximum Gasteiger partial charge on any atom is 0.216 e. The van der Waals surface area contributed by atoms with Gasteiger partial charge in [0.2, 0.25) is 5.88 Å². The average molecular weight is 248 g/mol. The number of aliphatic hydroxyl groups is 1. The Labute approximate surface area is 104 Å². The Morgan fingerprint density at radius 3 is 2.72 bits per heavy atom. The minimum atomic E-state index is -1.00. The molecule has 1 unspecified atom stereocenters. The van der Waals surface area contributed by atoms with Gasteiger partial charge in [-0.25, -0.2) is 14.4 Å². The third-order valence-electron chi connectivity index (χ3n) is 2.66. The zero-order valence-corrected chi connectivity index (χ0v) is 10.1. The van der Waals surface area contributed by atoms with Gasteiger partial charge in [0.1, 0.15) is 18.2 Å². The van der Waals surface area contributed by atoms with Gasteiger partial charge in [0.05, 0.1) is 12.8 Å². The van der Waals surface area contributed by atoms with Gasteiger partial charge >= 0.3 is 0 Å². The van der Waals surface area contributed by atoms with E-state index >= 15 is 0 Å². The van der Waals surface area contributed by atoms with Crippen LogP contribution in [0.25, 0.3) is 0 Å².